The Balaban J connectivity index is 1.45. The van der Waals surface area contributed by atoms with Gasteiger partial charge in [-0.1, -0.05) is 60.7 Å². The van der Waals surface area contributed by atoms with Gasteiger partial charge in [0.2, 0.25) is 5.91 Å². The number of carbonyl (C=O) groups excluding carboxylic acids is 3. The molecule has 1 N–H and O–H groups in total. The Hall–Kier alpha value is -3.40. The van der Waals surface area contributed by atoms with E-state index in [1.54, 1.807) is 48.5 Å². The van der Waals surface area contributed by atoms with Crippen LogP contribution in [0.5, 0.6) is 0 Å². The van der Waals surface area contributed by atoms with Crippen molar-refractivity contribution in [2.24, 2.45) is 0 Å². The maximum Gasteiger partial charge on any atom is 0.408 e. The summed E-state index contributed by atoms with van der Waals surface area (Å²) in [4.78, 5) is 38.9. The number of sulfone groups is 1. The van der Waals surface area contributed by atoms with E-state index in [2.05, 4.69) is 5.32 Å². The van der Waals surface area contributed by atoms with Gasteiger partial charge in [-0.25, -0.2) is 18.0 Å². The number of esters is 1. The molecular formula is C23H24N2O7S. The zero-order valence-electron chi connectivity index (χ0n) is 18.1. The van der Waals surface area contributed by atoms with E-state index in [1.807, 2.05) is 12.1 Å². The van der Waals surface area contributed by atoms with Crippen molar-refractivity contribution in [3.8, 4) is 0 Å². The van der Waals surface area contributed by atoms with E-state index in [0.29, 0.717) is 0 Å². The van der Waals surface area contributed by atoms with Crippen LogP contribution < -0.4 is 5.32 Å². The maximum absolute atomic E-state index is 13.2. The summed E-state index contributed by atoms with van der Waals surface area (Å²) in [6, 6.07) is 15.2. The maximum atomic E-state index is 13.2. The van der Waals surface area contributed by atoms with E-state index < -0.39 is 50.0 Å². The third-order valence-corrected chi connectivity index (χ3v) is 8.83. The summed E-state index contributed by atoms with van der Waals surface area (Å²) in [5, 5.41) is 0.972. The van der Waals surface area contributed by atoms with Crippen LogP contribution in [0.15, 0.2) is 60.7 Å². The number of nitrogens with one attached hydrogen (secondary N) is 1. The van der Waals surface area contributed by atoms with E-state index >= 15 is 0 Å². The minimum absolute atomic E-state index is 0.0331. The summed E-state index contributed by atoms with van der Waals surface area (Å²) in [5.74, 6) is -1.49. The molecule has 2 aromatic rings. The van der Waals surface area contributed by atoms with Gasteiger partial charge in [0.25, 0.3) is 0 Å². The van der Waals surface area contributed by atoms with Gasteiger partial charge in [-0.15, -0.1) is 0 Å². The number of ether oxygens (including phenoxy) is 2. The van der Waals surface area contributed by atoms with Crippen molar-refractivity contribution in [3.05, 3.63) is 71.8 Å². The van der Waals surface area contributed by atoms with E-state index in [9.17, 15) is 22.8 Å². The molecule has 0 radical (unpaired) electrons. The first-order valence-electron chi connectivity index (χ1n) is 10.4. The van der Waals surface area contributed by atoms with Crippen molar-refractivity contribution in [1.29, 1.82) is 0 Å². The van der Waals surface area contributed by atoms with Crippen LogP contribution in [0.4, 0.5) is 4.79 Å². The molecule has 2 aliphatic heterocycles. The van der Waals surface area contributed by atoms with E-state index in [0.717, 1.165) is 16.0 Å². The van der Waals surface area contributed by atoms with Gasteiger partial charge in [-0.3, -0.25) is 4.79 Å². The smallest absolute Gasteiger partial charge is 0.408 e. The molecule has 0 saturated carbocycles. The molecule has 10 heteroatoms. The summed E-state index contributed by atoms with van der Waals surface area (Å²) >= 11 is 0. The fourth-order valence-corrected chi connectivity index (χ4v) is 6.33. The fraction of sp³-hybridized carbons (Fsp3) is 0.348. The molecule has 4 rings (SSSR count). The second-order valence-electron chi connectivity index (χ2n) is 8.46. The van der Waals surface area contributed by atoms with Crippen LogP contribution in [0.25, 0.3) is 0 Å². The van der Waals surface area contributed by atoms with Gasteiger partial charge in [-0.2, -0.15) is 0 Å². The summed E-state index contributed by atoms with van der Waals surface area (Å²) in [6.07, 6.45) is -0.917. The minimum Gasteiger partial charge on any atom is -0.459 e. The lowest BCUT2D eigenvalue weighted by atomic mass is 9.96. The first kappa shape index (κ1) is 22.8. The lowest BCUT2D eigenvalue weighted by molar-refractivity contribution is -0.164. The summed E-state index contributed by atoms with van der Waals surface area (Å²) in [5.41, 5.74) is 1.47. The number of nitrogens with zero attached hydrogens (tertiary/aromatic N) is 1. The van der Waals surface area contributed by atoms with Gasteiger partial charge in [0, 0.05) is 0 Å². The number of hydrogen-bond acceptors (Lipinski definition) is 7. The number of hydrogen-bond donors (Lipinski definition) is 1. The van der Waals surface area contributed by atoms with Gasteiger partial charge in [0.05, 0.1) is 0 Å². The summed E-state index contributed by atoms with van der Waals surface area (Å²) in [6.45, 7) is 2.68. The Labute approximate surface area is 191 Å². The number of benzene rings is 2. The minimum atomic E-state index is -4.00. The third-order valence-electron chi connectivity index (χ3n) is 6.00. The van der Waals surface area contributed by atoms with Crippen molar-refractivity contribution in [2.45, 2.75) is 49.3 Å². The van der Waals surface area contributed by atoms with Gasteiger partial charge in [0.1, 0.15) is 30.0 Å². The topological polar surface area (TPSA) is 119 Å². The summed E-state index contributed by atoms with van der Waals surface area (Å²) in [7, 11) is -4.00. The van der Waals surface area contributed by atoms with Gasteiger partial charge >= 0.3 is 12.1 Å². The zero-order chi connectivity index (χ0) is 23.8. The van der Waals surface area contributed by atoms with Crippen LogP contribution in [0.1, 0.15) is 25.0 Å². The molecule has 0 spiro atoms. The molecule has 0 aromatic heterocycles. The zero-order valence-corrected chi connectivity index (χ0v) is 18.9. The Morgan fingerprint density at radius 3 is 2.00 bits per heavy atom. The third kappa shape index (κ3) is 3.95. The second-order valence-corrected chi connectivity index (χ2v) is 11.1. The highest BCUT2D eigenvalue weighted by Gasteiger charge is 2.72. The number of β-lactam (4-membered cyclic amide) rings is 1. The fourth-order valence-electron chi connectivity index (χ4n) is 4.12. The monoisotopic (exact) mass is 472 g/mol. The predicted molar refractivity (Wildman–Crippen MR) is 117 cm³/mol. The predicted octanol–water partition coefficient (Wildman–Crippen LogP) is 1.77. The SMILES string of the molecule is CC1(C)[C@H](C(=O)OCc2ccccc2)N2C(=O)[C@@H](NC(=O)OCc3ccccc3)[C@H]2S1(=O)=O. The van der Waals surface area contributed by atoms with Crippen molar-refractivity contribution < 1.29 is 32.3 Å². The van der Waals surface area contributed by atoms with Crippen molar-refractivity contribution in [2.75, 3.05) is 0 Å². The number of fused-ring (bicyclic) bond motifs is 1. The number of amides is 2. The van der Waals surface area contributed by atoms with Crippen LogP contribution in [-0.4, -0.2) is 53.5 Å². The molecule has 3 atom stereocenters. The lowest BCUT2D eigenvalue weighted by Gasteiger charge is -2.42. The lowest BCUT2D eigenvalue weighted by Crippen LogP contribution is -2.72. The van der Waals surface area contributed by atoms with Crippen LogP contribution in [0, 0.1) is 0 Å². The highest BCUT2D eigenvalue weighted by atomic mass is 32.2. The van der Waals surface area contributed by atoms with Gasteiger partial charge in [-0.05, 0) is 25.0 Å². The standard InChI is InChI=1S/C23H24N2O7S/c1-23(2)18(21(27)31-13-15-9-5-3-6-10-15)25-19(26)17(20(25)33(23,29)30)24-22(28)32-14-16-11-7-4-8-12-16/h3-12,17-18,20H,13-14H2,1-2H3,(H,24,28)/t17-,18+,20-/m1/s1. The highest BCUT2D eigenvalue weighted by Crippen LogP contribution is 2.46. The van der Waals surface area contributed by atoms with Crippen LogP contribution in [0.3, 0.4) is 0 Å². The molecule has 0 bridgehead atoms. The molecule has 9 nitrogen and oxygen atoms in total. The molecule has 2 aromatic carbocycles. The van der Waals surface area contributed by atoms with Crippen molar-refractivity contribution in [3.63, 3.8) is 0 Å². The molecule has 2 heterocycles. The molecule has 174 valence electrons. The van der Waals surface area contributed by atoms with Crippen LogP contribution in [0.2, 0.25) is 0 Å². The number of alkyl carbamates (subject to hydrolysis) is 1. The Morgan fingerprint density at radius 2 is 1.45 bits per heavy atom. The number of rotatable bonds is 6. The quantitative estimate of drug-likeness (QED) is 0.503. The molecule has 0 aliphatic carbocycles. The second kappa shape index (κ2) is 8.51. The first-order valence-corrected chi connectivity index (χ1v) is 11.9. The highest BCUT2D eigenvalue weighted by molar-refractivity contribution is 7.94. The number of carbonyl (C=O) groups is 3. The first-order chi connectivity index (χ1) is 15.6. The van der Waals surface area contributed by atoms with Crippen molar-refractivity contribution in [1.82, 2.24) is 10.2 Å². The Bertz CT molecular complexity index is 1170. The summed E-state index contributed by atoms with van der Waals surface area (Å²) < 4.78 is 35.2. The molecular weight excluding hydrogens is 448 g/mol. The average Bonchev–Trinajstić information content (AvgIpc) is 2.95. The van der Waals surface area contributed by atoms with E-state index in [1.165, 1.54) is 13.8 Å². The molecule has 33 heavy (non-hydrogen) atoms. The van der Waals surface area contributed by atoms with Crippen molar-refractivity contribution >= 4 is 27.8 Å². The molecule has 2 amide bonds. The molecule has 2 aliphatic rings. The largest absolute Gasteiger partial charge is 0.459 e. The Morgan fingerprint density at radius 1 is 0.939 bits per heavy atom. The average molecular weight is 473 g/mol. The van der Waals surface area contributed by atoms with Crippen LogP contribution >= 0.6 is 0 Å². The van der Waals surface area contributed by atoms with E-state index in [4.69, 9.17) is 9.47 Å². The molecule has 2 fully saturated rings. The Kier molecular flexibility index (Phi) is 5.87. The van der Waals surface area contributed by atoms with E-state index in [-0.39, 0.29) is 13.2 Å². The molecule has 2 saturated heterocycles. The van der Waals surface area contributed by atoms with Crippen LogP contribution in [-0.2, 0) is 42.1 Å². The van der Waals surface area contributed by atoms with Gasteiger partial charge in [0.15, 0.2) is 15.2 Å². The van der Waals surface area contributed by atoms with Gasteiger partial charge < -0.3 is 19.7 Å². The normalized spacial score (nSPS) is 24.4. The molecule has 0 unspecified atom stereocenters.